The highest BCUT2D eigenvalue weighted by molar-refractivity contribution is 5.85. The number of halogens is 1. The van der Waals surface area contributed by atoms with Crippen molar-refractivity contribution in [1.29, 1.82) is 0 Å². The summed E-state index contributed by atoms with van der Waals surface area (Å²) in [4.78, 5) is 2.31. The van der Waals surface area contributed by atoms with Gasteiger partial charge >= 0.3 is 0 Å². The van der Waals surface area contributed by atoms with E-state index in [1.54, 1.807) is 0 Å². The van der Waals surface area contributed by atoms with Gasteiger partial charge in [-0.15, -0.1) is 12.4 Å². The van der Waals surface area contributed by atoms with Crippen molar-refractivity contribution in [2.24, 2.45) is 11.1 Å². The number of aliphatic hydroxyl groups is 1. The zero-order valence-corrected chi connectivity index (χ0v) is 11.1. The molecule has 0 radical (unpaired) electrons. The lowest BCUT2D eigenvalue weighted by Gasteiger charge is -2.44. The lowest BCUT2D eigenvalue weighted by molar-refractivity contribution is 0.00335. The normalized spacial score (nSPS) is 27.2. The Morgan fingerprint density at radius 2 is 2.00 bits per heavy atom. The van der Waals surface area contributed by atoms with Gasteiger partial charge in [-0.05, 0) is 32.2 Å². The lowest BCUT2D eigenvalue weighted by Crippen LogP contribution is -2.54. The van der Waals surface area contributed by atoms with Crippen LogP contribution in [0.3, 0.4) is 0 Å². The van der Waals surface area contributed by atoms with Crippen molar-refractivity contribution in [1.82, 2.24) is 4.90 Å². The summed E-state index contributed by atoms with van der Waals surface area (Å²) in [5.41, 5.74) is 5.62. The molecule has 3 N–H and O–H groups in total. The van der Waals surface area contributed by atoms with Gasteiger partial charge in [0.05, 0.1) is 5.60 Å². The highest BCUT2D eigenvalue weighted by Gasteiger charge is 2.34. The Labute approximate surface area is 99.4 Å². The number of hydrogen-bond acceptors (Lipinski definition) is 3. The molecular formula is C11H25ClN2O. The molecule has 0 bridgehead atoms. The van der Waals surface area contributed by atoms with Crippen LogP contribution in [0.25, 0.3) is 0 Å². The molecule has 1 saturated heterocycles. The largest absolute Gasteiger partial charge is 0.389 e. The Kier molecular flexibility index (Phi) is 5.06. The molecule has 0 aromatic carbocycles. The molecule has 1 heterocycles. The van der Waals surface area contributed by atoms with Crippen molar-refractivity contribution in [3.63, 3.8) is 0 Å². The van der Waals surface area contributed by atoms with Crippen LogP contribution in [0.4, 0.5) is 0 Å². The van der Waals surface area contributed by atoms with E-state index in [-0.39, 0.29) is 17.8 Å². The third kappa shape index (κ3) is 4.68. The molecule has 3 nitrogen and oxygen atoms in total. The Bertz CT molecular complexity index is 201. The van der Waals surface area contributed by atoms with Crippen molar-refractivity contribution >= 4 is 12.4 Å². The molecule has 0 aromatic heterocycles. The van der Waals surface area contributed by atoms with Crippen LogP contribution in [0.1, 0.15) is 34.1 Å². The lowest BCUT2D eigenvalue weighted by atomic mass is 9.79. The summed E-state index contributed by atoms with van der Waals surface area (Å²) in [5.74, 6) is 0. The zero-order chi connectivity index (χ0) is 11.0. The fraction of sp³-hybridized carbons (Fsp3) is 1.00. The fourth-order valence-electron chi connectivity index (χ4n) is 2.17. The molecule has 92 valence electrons. The number of nitrogens with two attached hydrogens (primary N) is 1. The first kappa shape index (κ1) is 15.2. The summed E-state index contributed by atoms with van der Waals surface area (Å²) in [6.07, 6.45) is 1.03. The topological polar surface area (TPSA) is 49.5 Å². The first-order valence-electron chi connectivity index (χ1n) is 5.41. The van der Waals surface area contributed by atoms with Crippen LogP contribution in [0.15, 0.2) is 0 Å². The summed E-state index contributed by atoms with van der Waals surface area (Å²) in [7, 11) is 0. The molecule has 4 heteroatoms. The van der Waals surface area contributed by atoms with Crippen molar-refractivity contribution < 1.29 is 5.11 Å². The quantitative estimate of drug-likeness (QED) is 0.759. The van der Waals surface area contributed by atoms with Crippen LogP contribution in [-0.2, 0) is 0 Å². The summed E-state index contributed by atoms with van der Waals surface area (Å²) in [6.45, 7) is 10.8. The molecule has 1 unspecified atom stereocenters. The Hall–Kier alpha value is 0.170. The number of piperidine rings is 1. The van der Waals surface area contributed by atoms with Gasteiger partial charge in [-0.25, -0.2) is 0 Å². The van der Waals surface area contributed by atoms with Gasteiger partial charge in [0.1, 0.15) is 0 Å². The Morgan fingerprint density at radius 3 is 2.40 bits per heavy atom. The van der Waals surface area contributed by atoms with E-state index in [2.05, 4.69) is 18.7 Å². The van der Waals surface area contributed by atoms with Gasteiger partial charge in [0.15, 0.2) is 0 Å². The van der Waals surface area contributed by atoms with E-state index in [0.29, 0.717) is 6.04 Å². The second kappa shape index (κ2) is 5.00. The van der Waals surface area contributed by atoms with Crippen molar-refractivity contribution in [3.8, 4) is 0 Å². The van der Waals surface area contributed by atoms with Gasteiger partial charge in [0, 0.05) is 19.1 Å². The zero-order valence-electron chi connectivity index (χ0n) is 10.3. The average Bonchev–Trinajstić information content (AvgIpc) is 1.93. The van der Waals surface area contributed by atoms with E-state index >= 15 is 0 Å². The number of nitrogens with zero attached hydrogens (tertiary/aromatic N) is 1. The number of β-amino-alcohol motifs (C(OH)–C–C–N with tert-alkyl or cyclic N) is 1. The van der Waals surface area contributed by atoms with E-state index in [0.717, 1.165) is 26.1 Å². The minimum absolute atomic E-state index is 0. The summed E-state index contributed by atoms with van der Waals surface area (Å²) in [6, 6.07) is 0.292. The molecule has 1 aliphatic heterocycles. The molecule has 1 atom stereocenters. The Balaban J connectivity index is 0.00000196. The maximum Gasteiger partial charge on any atom is 0.0718 e. The second-order valence-corrected chi connectivity index (χ2v) is 5.91. The summed E-state index contributed by atoms with van der Waals surface area (Å²) in [5, 5.41) is 9.73. The van der Waals surface area contributed by atoms with Crippen LogP contribution >= 0.6 is 12.4 Å². The molecule has 1 fully saturated rings. The third-order valence-electron chi connectivity index (χ3n) is 3.00. The predicted molar refractivity (Wildman–Crippen MR) is 66.4 cm³/mol. The van der Waals surface area contributed by atoms with Gasteiger partial charge in [-0.1, -0.05) is 13.8 Å². The van der Waals surface area contributed by atoms with Gasteiger partial charge in [0.2, 0.25) is 0 Å². The van der Waals surface area contributed by atoms with E-state index in [9.17, 15) is 5.11 Å². The first-order valence-corrected chi connectivity index (χ1v) is 5.41. The van der Waals surface area contributed by atoms with E-state index in [1.807, 2.05) is 13.8 Å². The molecule has 0 amide bonds. The smallest absolute Gasteiger partial charge is 0.0718 e. The van der Waals surface area contributed by atoms with Crippen LogP contribution in [-0.4, -0.2) is 41.3 Å². The molecule has 0 spiro atoms. The SMILES string of the molecule is CC(C)(O)CN1CCC(N)C(C)(C)C1.Cl. The second-order valence-electron chi connectivity index (χ2n) is 5.91. The van der Waals surface area contributed by atoms with Crippen LogP contribution in [0, 0.1) is 5.41 Å². The molecular weight excluding hydrogens is 212 g/mol. The van der Waals surface area contributed by atoms with Gasteiger partial charge in [-0.2, -0.15) is 0 Å². The van der Waals surface area contributed by atoms with Crippen LogP contribution in [0.2, 0.25) is 0 Å². The number of likely N-dealkylation sites (tertiary alicyclic amines) is 1. The average molecular weight is 237 g/mol. The predicted octanol–water partition coefficient (Wildman–Crippen LogP) is 1.24. The molecule has 0 saturated carbocycles. The first-order chi connectivity index (χ1) is 6.21. The summed E-state index contributed by atoms with van der Waals surface area (Å²) < 4.78 is 0. The van der Waals surface area contributed by atoms with Crippen LogP contribution < -0.4 is 5.73 Å². The highest BCUT2D eigenvalue weighted by atomic mass is 35.5. The minimum Gasteiger partial charge on any atom is -0.389 e. The Morgan fingerprint density at radius 1 is 1.47 bits per heavy atom. The van der Waals surface area contributed by atoms with E-state index in [1.165, 1.54) is 0 Å². The van der Waals surface area contributed by atoms with Gasteiger partial charge < -0.3 is 10.8 Å². The van der Waals surface area contributed by atoms with Crippen LogP contribution in [0.5, 0.6) is 0 Å². The fourth-order valence-corrected chi connectivity index (χ4v) is 2.17. The van der Waals surface area contributed by atoms with Crippen molar-refractivity contribution in [3.05, 3.63) is 0 Å². The van der Waals surface area contributed by atoms with Gasteiger partial charge in [-0.3, -0.25) is 4.90 Å². The number of hydrogen-bond donors (Lipinski definition) is 2. The van der Waals surface area contributed by atoms with Crippen molar-refractivity contribution in [2.75, 3.05) is 19.6 Å². The summed E-state index contributed by atoms with van der Waals surface area (Å²) >= 11 is 0. The monoisotopic (exact) mass is 236 g/mol. The molecule has 15 heavy (non-hydrogen) atoms. The minimum atomic E-state index is -0.600. The molecule has 0 aliphatic carbocycles. The standard InChI is InChI=1S/C11H24N2O.ClH/c1-10(2)7-13(6-5-9(10)12)8-11(3,4)14;/h9,14H,5-8,12H2,1-4H3;1H. The molecule has 0 aromatic rings. The van der Waals surface area contributed by atoms with Gasteiger partial charge in [0.25, 0.3) is 0 Å². The van der Waals surface area contributed by atoms with Crippen molar-refractivity contribution in [2.45, 2.75) is 45.8 Å². The third-order valence-corrected chi connectivity index (χ3v) is 3.00. The van der Waals surface area contributed by atoms with E-state index in [4.69, 9.17) is 5.73 Å². The molecule has 1 aliphatic rings. The molecule has 1 rings (SSSR count). The maximum atomic E-state index is 9.73. The maximum absolute atomic E-state index is 9.73. The number of rotatable bonds is 2. The highest BCUT2D eigenvalue weighted by Crippen LogP contribution is 2.28. The van der Waals surface area contributed by atoms with E-state index < -0.39 is 5.60 Å².